The summed E-state index contributed by atoms with van der Waals surface area (Å²) in [6.07, 6.45) is 3.81. The Labute approximate surface area is 176 Å². The molecule has 2 heterocycles. The highest BCUT2D eigenvalue weighted by molar-refractivity contribution is 7.98. The van der Waals surface area contributed by atoms with Gasteiger partial charge in [-0.3, -0.25) is 9.89 Å². The summed E-state index contributed by atoms with van der Waals surface area (Å²) < 4.78 is 1.23. The van der Waals surface area contributed by atoms with E-state index in [1.165, 1.54) is 10.1 Å². The maximum Gasteiger partial charge on any atom is 0.255 e. The predicted molar refractivity (Wildman–Crippen MR) is 123 cm³/mol. The molecule has 0 unspecified atom stereocenters. The van der Waals surface area contributed by atoms with Crippen molar-refractivity contribution in [3.63, 3.8) is 0 Å². The van der Waals surface area contributed by atoms with Gasteiger partial charge in [-0.2, -0.15) is 5.10 Å². The smallest absolute Gasteiger partial charge is 0.255 e. The van der Waals surface area contributed by atoms with Crippen LogP contribution in [0.4, 0.5) is 5.69 Å². The highest BCUT2D eigenvalue weighted by atomic mass is 32.2. The number of nitrogens with zero attached hydrogens (tertiary/aromatic N) is 1. The Hall–Kier alpha value is -3.09. The fraction of sp³-hybridized carbons (Fsp3) is 0.0435. The molecule has 29 heavy (non-hydrogen) atoms. The Morgan fingerprint density at radius 2 is 1.86 bits per heavy atom. The number of thioether (sulfide) groups is 1. The minimum Gasteiger partial charge on any atom is -0.322 e. The SMILES string of the molecule is CSc1ccc(C(=O)Nc2cc(-c3cc4ccccc4s3)c3[nH]ncc3c2)cc1. The summed E-state index contributed by atoms with van der Waals surface area (Å²) in [6.45, 7) is 0. The summed E-state index contributed by atoms with van der Waals surface area (Å²) in [5.41, 5.74) is 3.40. The Kier molecular flexibility index (Phi) is 4.58. The van der Waals surface area contributed by atoms with Crippen LogP contribution in [0.3, 0.4) is 0 Å². The zero-order valence-electron chi connectivity index (χ0n) is 15.6. The van der Waals surface area contributed by atoms with Crippen molar-refractivity contribution in [2.75, 3.05) is 11.6 Å². The van der Waals surface area contributed by atoms with Gasteiger partial charge in [0.2, 0.25) is 0 Å². The fourth-order valence-corrected chi connectivity index (χ4v) is 4.88. The number of aromatic amines is 1. The zero-order chi connectivity index (χ0) is 19.8. The maximum atomic E-state index is 12.7. The number of aromatic nitrogens is 2. The van der Waals surface area contributed by atoms with E-state index in [1.807, 2.05) is 54.8 Å². The van der Waals surface area contributed by atoms with E-state index >= 15 is 0 Å². The third kappa shape index (κ3) is 3.41. The number of hydrogen-bond donors (Lipinski definition) is 2. The summed E-state index contributed by atoms with van der Waals surface area (Å²) in [6, 6.07) is 22.1. The van der Waals surface area contributed by atoms with Crippen LogP contribution >= 0.6 is 23.1 Å². The number of carbonyl (C=O) groups is 1. The van der Waals surface area contributed by atoms with Crippen molar-refractivity contribution in [2.24, 2.45) is 0 Å². The van der Waals surface area contributed by atoms with Crippen LogP contribution in [0.1, 0.15) is 10.4 Å². The molecule has 0 aliphatic rings. The first-order valence-electron chi connectivity index (χ1n) is 9.13. The van der Waals surface area contributed by atoms with Gasteiger partial charge in [-0.1, -0.05) is 18.2 Å². The quantitative estimate of drug-likeness (QED) is 0.333. The van der Waals surface area contributed by atoms with E-state index in [0.717, 1.165) is 31.9 Å². The van der Waals surface area contributed by atoms with E-state index in [4.69, 9.17) is 0 Å². The first kappa shape index (κ1) is 18.0. The second-order valence-corrected chi connectivity index (χ2v) is 8.65. The van der Waals surface area contributed by atoms with E-state index < -0.39 is 0 Å². The molecule has 0 aliphatic heterocycles. The molecule has 142 valence electrons. The molecule has 4 nitrogen and oxygen atoms in total. The minimum atomic E-state index is -0.122. The Bertz CT molecular complexity index is 1300. The summed E-state index contributed by atoms with van der Waals surface area (Å²) in [5, 5.41) is 12.5. The van der Waals surface area contributed by atoms with Gasteiger partial charge >= 0.3 is 0 Å². The first-order chi connectivity index (χ1) is 14.2. The first-order valence-corrected chi connectivity index (χ1v) is 11.2. The lowest BCUT2D eigenvalue weighted by atomic mass is 10.1. The Balaban J connectivity index is 1.54. The zero-order valence-corrected chi connectivity index (χ0v) is 17.2. The Morgan fingerprint density at radius 3 is 2.66 bits per heavy atom. The largest absolute Gasteiger partial charge is 0.322 e. The van der Waals surface area contributed by atoms with Gasteiger partial charge in [0.05, 0.1) is 11.7 Å². The van der Waals surface area contributed by atoms with Gasteiger partial charge < -0.3 is 5.32 Å². The van der Waals surface area contributed by atoms with Crippen molar-refractivity contribution in [3.8, 4) is 10.4 Å². The molecule has 0 atom stereocenters. The third-order valence-electron chi connectivity index (χ3n) is 4.85. The molecular weight excluding hydrogens is 398 g/mol. The molecule has 0 spiro atoms. The number of rotatable bonds is 4. The molecule has 0 radical (unpaired) electrons. The second-order valence-electron chi connectivity index (χ2n) is 6.69. The summed E-state index contributed by atoms with van der Waals surface area (Å²) in [5.74, 6) is -0.122. The molecule has 5 rings (SSSR count). The number of benzene rings is 3. The second kappa shape index (κ2) is 7.39. The lowest BCUT2D eigenvalue weighted by Crippen LogP contribution is -2.11. The molecule has 3 aromatic carbocycles. The molecule has 0 bridgehead atoms. The number of H-pyrrole nitrogens is 1. The number of fused-ring (bicyclic) bond motifs is 2. The van der Waals surface area contributed by atoms with Crippen LogP contribution in [0, 0.1) is 0 Å². The van der Waals surface area contributed by atoms with Crippen molar-refractivity contribution in [1.82, 2.24) is 10.2 Å². The molecule has 2 aromatic heterocycles. The molecule has 0 saturated carbocycles. The van der Waals surface area contributed by atoms with Gasteiger partial charge in [0.25, 0.3) is 5.91 Å². The van der Waals surface area contributed by atoms with Crippen molar-refractivity contribution >= 4 is 55.7 Å². The van der Waals surface area contributed by atoms with Gasteiger partial charge in [-0.05, 0) is 60.2 Å². The monoisotopic (exact) mass is 415 g/mol. The molecule has 1 amide bonds. The number of nitrogens with one attached hydrogen (secondary N) is 2. The van der Waals surface area contributed by atoms with Crippen LogP contribution in [0.25, 0.3) is 31.4 Å². The van der Waals surface area contributed by atoms with E-state index in [0.29, 0.717) is 5.56 Å². The topological polar surface area (TPSA) is 57.8 Å². The lowest BCUT2D eigenvalue weighted by molar-refractivity contribution is 0.102. The maximum absolute atomic E-state index is 12.7. The summed E-state index contributed by atoms with van der Waals surface area (Å²) in [7, 11) is 0. The number of carbonyl (C=O) groups excluding carboxylic acids is 1. The number of anilines is 1. The fourth-order valence-electron chi connectivity index (χ4n) is 3.38. The number of thiophene rings is 1. The van der Waals surface area contributed by atoms with Crippen LogP contribution in [-0.2, 0) is 0 Å². The van der Waals surface area contributed by atoms with E-state index in [9.17, 15) is 4.79 Å². The number of amides is 1. The summed E-state index contributed by atoms with van der Waals surface area (Å²) in [4.78, 5) is 15.0. The summed E-state index contributed by atoms with van der Waals surface area (Å²) >= 11 is 3.39. The highest BCUT2D eigenvalue weighted by Crippen LogP contribution is 2.38. The molecule has 0 aliphatic carbocycles. The average Bonchev–Trinajstić information content (AvgIpc) is 3.40. The van der Waals surface area contributed by atoms with E-state index in [-0.39, 0.29) is 5.91 Å². The van der Waals surface area contributed by atoms with E-state index in [1.54, 1.807) is 29.3 Å². The normalized spacial score (nSPS) is 11.2. The predicted octanol–water partition coefficient (Wildman–Crippen LogP) is 6.42. The highest BCUT2D eigenvalue weighted by Gasteiger charge is 2.13. The van der Waals surface area contributed by atoms with Gasteiger partial charge in [0.15, 0.2) is 0 Å². The molecule has 5 aromatic rings. The molecule has 0 saturated heterocycles. The average molecular weight is 416 g/mol. The van der Waals surface area contributed by atoms with Crippen LogP contribution < -0.4 is 5.32 Å². The van der Waals surface area contributed by atoms with Crippen LogP contribution in [0.5, 0.6) is 0 Å². The third-order valence-corrected chi connectivity index (χ3v) is 6.74. The van der Waals surface area contributed by atoms with Gasteiger partial charge in [0.1, 0.15) is 0 Å². The van der Waals surface area contributed by atoms with Crippen LogP contribution in [0.2, 0.25) is 0 Å². The van der Waals surface area contributed by atoms with Crippen molar-refractivity contribution in [3.05, 3.63) is 78.5 Å². The van der Waals surface area contributed by atoms with Crippen molar-refractivity contribution in [1.29, 1.82) is 0 Å². The van der Waals surface area contributed by atoms with Crippen LogP contribution in [0.15, 0.2) is 77.8 Å². The standard InChI is InChI=1S/C23H17N3OS2/c1-28-18-8-6-14(7-9-18)23(27)25-17-10-16-13-24-26-22(16)19(12-17)21-11-15-4-2-3-5-20(15)29-21/h2-13H,1H3,(H,24,26)(H,25,27). The van der Waals surface area contributed by atoms with Gasteiger partial charge in [0, 0.05) is 36.7 Å². The molecule has 0 fully saturated rings. The van der Waals surface area contributed by atoms with Crippen molar-refractivity contribution in [2.45, 2.75) is 4.90 Å². The minimum absolute atomic E-state index is 0.122. The lowest BCUT2D eigenvalue weighted by Gasteiger charge is -2.09. The van der Waals surface area contributed by atoms with Gasteiger partial charge in [-0.15, -0.1) is 23.1 Å². The Morgan fingerprint density at radius 1 is 1.03 bits per heavy atom. The molecule has 2 N–H and O–H groups in total. The van der Waals surface area contributed by atoms with E-state index in [2.05, 4.69) is 33.7 Å². The number of hydrogen-bond acceptors (Lipinski definition) is 4. The molecule has 6 heteroatoms. The van der Waals surface area contributed by atoms with Crippen LogP contribution in [-0.4, -0.2) is 22.4 Å². The van der Waals surface area contributed by atoms with Gasteiger partial charge in [-0.25, -0.2) is 0 Å². The van der Waals surface area contributed by atoms with Crippen molar-refractivity contribution < 1.29 is 4.79 Å². The molecular formula is C23H17N3OS2.